The molecule has 1 aromatic heterocycles. The van der Waals surface area contributed by atoms with Crippen LogP contribution < -0.4 is 0 Å². The maximum atomic E-state index is 10.6. The number of hydrogen-bond acceptors (Lipinski definition) is 4. The molecule has 0 saturated heterocycles. The lowest BCUT2D eigenvalue weighted by Crippen LogP contribution is -2.36. The van der Waals surface area contributed by atoms with E-state index >= 15 is 0 Å². The molecule has 1 aromatic rings. The molecular formula is C19H28F3N3O3. The lowest BCUT2D eigenvalue weighted by Gasteiger charge is -2.32. The molecule has 2 fully saturated rings. The Labute approximate surface area is 162 Å². The molecule has 2 saturated carbocycles. The Morgan fingerprint density at radius 3 is 2.43 bits per heavy atom. The second-order valence-electron chi connectivity index (χ2n) is 8.00. The zero-order valence-corrected chi connectivity index (χ0v) is 16.1. The van der Waals surface area contributed by atoms with Crippen LogP contribution in [0.2, 0.25) is 0 Å². The molecule has 0 spiro atoms. The number of aromatic nitrogens is 2. The summed E-state index contributed by atoms with van der Waals surface area (Å²) in [6.45, 7) is 8.43. The summed E-state index contributed by atoms with van der Waals surface area (Å²) in [7, 11) is 0. The Bertz CT molecular complexity index is 669. The molecule has 0 radical (unpaired) electrons. The third-order valence-corrected chi connectivity index (χ3v) is 5.31. The SMILES string of the molecule is CCn1cc2c(n1)CN(CC1CC1)CC2COCC1CC1.O=C(O)C(F)(F)F. The van der Waals surface area contributed by atoms with Gasteiger partial charge in [-0.25, -0.2) is 4.79 Å². The number of aryl methyl sites for hydroxylation is 1. The van der Waals surface area contributed by atoms with E-state index in [0.717, 1.165) is 44.7 Å². The van der Waals surface area contributed by atoms with E-state index in [1.807, 2.05) is 0 Å². The molecule has 6 nitrogen and oxygen atoms in total. The molecule has 4 rings (SSSR count). The van der Waals surface area contributed by atoms with Gasteiger partial charge in [0.15, 0.2) is 0 Å². The number of aliphatic carboxylic acids is 1. The van der Waals surface area contributed by atoms with E-state index in [1.165, 1.54) is 43.5 Å². The number of rotatable bonds is 7. The van der Waals surface area contributed by atoms with Crippen LogP contribution in [0.5, 0.6) is 0 Å². The minimum atomic E-state index is -5.08. The van der Waals surface area contributed by atoms with Crippen molar-refractivity contribution in [2.45, 2.75) is 57.8 Å². The first kappa shape index (κ1) is 21.1. The van der Waals surface area contributed by atoms with Crippen LogP contribution >= 0.6 is 0 Å². The van der Waals surface area contributed by atoms with Crippen molar-refractivity contribution < 1.29 is 27.8 Å². The van der Waals surface area contributed by atoms with Gasteiger partial charge >= 0.3 is 12.1 Å². The van der Waals surface area contributed by atoms with Gasteiger partial charge in [-0.3, -0.25) is 9.58 Å². The molecule has 28 heavy (non-hydrogen) atoms. The molecule has 9 heteroatoms. The number of halogens is 3. The molecule has 0 amide bonds. The standard InChI is InChI=1S/C17H27N3O.C2HF3O2/c1-2-20-9-16-15(12-21-11-14-5-6-14)8-19(7-13-3-4-13)10-17(16)18-20;3-2(4,5)1(6)7/h9,13-15H,2-8,10-12H2,1H3;(H,6,7). The Kier molecular flexibility index (Phi) is 6.65. The molecule has 158 valence electrons. The van der Waals surface area contributed by atoms with Crippen molar-refractivity contribution in [2.24, 2.45) is 11.8 Å². The third-order valence-electron chi connectivity index (χ3n) is 5.31. The van der Waals surface area contributed by atoms with Crippen molar-refractivity contribution >= 4 is 5.97 Å². The normalized spacial score (nSPS) is 22.4. The van der Waals surface area contributed by atoms with Gasteiger partial charge in [0.25, 0.3) is 0 Å². The maximum absolute atomic E-state index is 10.6. The van der Waals surface area contributed by atoms with Crippen molar-refractivity contribution in [3.63, 3.8) is 0 Å². The number of nitrogens with zero attached hydrogens (tertiary/aromatic N) is 3. The first-order valence-corrected chi connectivity index (χ1v) is 9.92. The number of carbonyl (C=O) groups is 1. The average molecular weight is 403 g/mol. The highest BCUT2D eigenvalue weighted by atomic mass is 19.4. The fourth-order valence-corrected chi connectivity index (χ4v) is 3.40. The largest absolute Gasteiger partial charge is 0.490 e. The van der Waals surface area contributed by atoms with E-state index in [0.29, 0.717) is 5.92 Å². The molecule has 2 heterocycles. The first-order valence-electron chi connectivity index (χ1n) is 9.92. The molecule has 1 unspecified atom stereocenters. The zero-order valence-electron chi connectivity index (χ0n) is 16.1. The lowest BCUT2D eigenvalue weighted by atomic mass is 9.95. The van der Waals surface area contributed by atoms with Crippen molar-refractivity contribution in [3.05, 3.63) is 17.5 Å². The van der Waals surface area contributed by atoms with Crippen LogP contribution in [0, 0.1) is 11.8 Å². The van der Waals surface area contributed by atoms with Gasteiger partial charge in [0.05, 0.1) is 12.3 Å². The van der Waals surface area contributed by atoms with Crippen LogP contribution in [0.15, 0.2) is 6.20 Å². The quantitative estimate of drug-likeness (QED) is 0.757. The summed E-state index contributed by atoms with van der Waals surface area (Å²) in [6.07, 6.45) is 2.77. The van der Waals surface area contributed by atoms with Crippen molar-refractivity contribution in [1.29, 1.82) is 0 Å². The fraction of sp³-hybridized carbons (Fsp3) is 0.789. The van der Waals surface area contributed by atoms with Gasteiger partial charge in [-0.1, -0.05) is 0 Å². The first-order chi connectivity index (χ1) is 13.3. The van der Waals surface area contributed by atoms with Crippen LogP contribution in [-0.4, -0.2) is 58.2 Å². The van der Waals surface area contributed by atoms with Gasteiger partial charge in [0, 0.05) is 50.5 Å². The predicted octanol–water partition coefficient (Wildman–Crippen LogP) is 3.27. The van der Waals surface area contributed by atoms with Crippen molar-refractivity contribution in [2.75, 3.05) is 26.3 Å². The van der Waals surface area contributed by atoms with E-state index in [9.17, 15) is 13.2 Å². The smallest absolute Gasteiger partial charge is 0.475 e. The summed E-state index contributed by atoms with van der Waals surface area (Å²) in [5.74, 6) is -0.430. The van der Waals surface area contributed by atoms with Crippen LogP contribution in [0.3, 0.4) is 0 Å². The van der Waals surface area contributed by atoms with E-state index in [-0.39, 0.29) is 0 Å². The number of carboxylic acids is 1. The summed E-state index contributed by atoms with van der Waals surface area (Å²) in [5.41, 5.74) is 2.74. The fourth-order valence-electron chi connectivity index (χ4n) is 3.40. The average Bonchev–Trinajstić information content (AvgIpc) is 3.54. The highest BCUT2D eigenvalue weighted by Gasteiger charge is 2.38. The van der Waals surface area contributed by atoms with Crippen molar-refractivity contribution in [3.8, 4) is 0 Å². The lowest BCUT2D eigenvalue weighted by molar-refractivity contribution is -0.192. The number of hydrogen-bond donors (Lipinski definition) is 1. The van der Waals surface area contributed by atoms with Gasteiger partial charge in [-0.2, -0.15) is 18.3 Å². The van der Waals surface area contributed by atoms with E-state index in [1.54, 1.807) is 0 Å². The Balaban J connectivity index is 0.000000279. The topological polar surface area (TPSA) is 67.6 Å². The van der Waals surface area contributed by atoms with Crippen LogP contribution in [0.4, 0.5) is 13.2 Å². The zero-order chi connectivity index (χ0) is 20.3. The van der Waals surface area contributed by atoms with Gasteiger partial charge < -0.3 is 9.84 Å². The Hall–Kier alpha value is -1.61. The summed E-state index contributed by atoms with van der Waals surface area (Å²) in [6, 6.07) is 0. The summed E-state index contributed by atoms with van der Waals surface area (Å²) in [4.78, 5) is 11.5. The van der Waals surface area contributed by atoms with E-state index in [2.05, 4.69) is 22.7 Å². The van der Waals surface area contributed by atoms with Crippen LogP contribution in [0.1, 0.15) is 49.8 Å². The Morgan fingerprint density at radius 2 is 1.89 bits per heavy atom. The molecule has 0 bridgehead atoms. The molecule has 1 aliphatic heterocycles. The molecule has 2 aliphatic carbocycles. The third kappa shape index (κ3) is 6.20. The van der Waals surface area contributed by atoms with E-state index in [4.69, 9.17) is 19.7 Å². The number of ether oxygens (including phenoxy) is 1. The molecular weight excluding hydrogens is 375 g/mol. The maximum Gasteiger partial charge on any atom is 0.490 e. The van der Waals surface area contributed by atoms with Gasteiger partial charge in [0.1, 0.15) is 0 Å². The van der Waals surface area contributed by atoms with Crippen molar-refractivity contribution in [1.82, 2.24) is 14.7 Å². The van der Waals surface area contributed by atoms with E-state index < -0.39 is 12.1 Å². The summed E-state index contributed by atoms with van der Waals surface area (Å²) >= 11 is 0. The Morgan fingerprint density at radius 1 is 1.25 bits per heavy atom. The van der Waals surface area contributed by atoms with Gasteiger partial charge in [-0.05, 0) is 44.4 Å². The second-order valence-corrected chi connectivity index (χ2v) is 8.00. The number of fused-ring (bicyclic) bond motifs is 1. The van der Waals surface area contributed by atoms with Crippen LogP contribution in [-0.2, 0) is 22.6 Å². The molecule has 1 N–H and O–H groups in total. The minimum Gasteiger partial charge on any atom is -0.475 e. The predicted molar refractivity (Wildman–Crippen MR) is 95.9 cm³/mol. The molecule has 3 aliphatic rings. The number of alkyl halides is 3. The van der Waals surface area contributed by atoms with Crippen LogP contribution in [0.25, 0.3) is 0 Å². The van der Waals surface area contributed by atoms with Gasteiger partial charge in [0.2, 0.25) is 0 Å². The second kappa shape index (κ2) is 8.82. The highest BCUT2D eigenvalue weighted by Crippen LogP contribution is 2.35. The summed E-state index contributed by atoms with van der Waals surface area (Å²) in [5, 5.41) is 11.9. The minimum absolute atomic E-state index is 0.520. The molecule has 1 atom stereocenters. The number of carboxylic acid groups (broad SMARTS) is 1. The highest BCUT2D eigenvalue weighted by molar-refractivity contribution is 5.73. The monoisotopic (exact) mass is 403 g/mol. The summed E-state index contributed by atoms with van der Waals surface area (Å²) < 4.78 is 39.8. The van der Waals surface area contributed by atoms with Gasteiger partial charge in [-0.15, -0.1) is 0 Å². The molecule has 0 aromatic carbocycles.